The highest BCUT2D eigenvalue weighted by molar-refractivity contribution is 7.89. The third kappa shape index (κ3) is 4.32. The Bertz CT molecular complexity index is 982. The molecule has 0 saturated heterocycles. The van der Waals surface area contributed by atoms with E-state index in [2.05, 4.69) is 15.3 Å². The van der Waals surface area contributed by atoms with E-state index >= 15 is 0 Å². The number of carbonyl (C=O) groups excluding carboxylic acids is 1. The second-order valence-corrected chi connectivity index (χ2v) is 7.13. The maximum Gasteiger partial charge on any atom is 0.252 e. The highest BCUT2D eigenvalue weighted by Crippen LogP contribution is 2.09. The number of pyridine rings is 1. The van der Waals surface area contributed by atoms with Crippen LogP contribution in [-0.4, -0.2) is 35.4 Å². The molecule has 0 spiro atoms. The van der Waals surface area contributed by atoms with Gasteiger partial charge >= 0.3 is 0 Å². The Balaban J connectivity index is 1.54. The van der Waals surface area contributed by atoms with Crippen molar-refractivity contribution in [2.24, 2.45) is 5.14 Å². The molecule has 0 unspecified atom stereocenters. The van der Waals surface area contributed by atoms with E-state index in [4.69, 9.17) is 5.14 Å². The van der Waals surface area contributed by atoms with Gasteiger partial charge in [0.2, 0.25) is 10.0 Å². The maximum absolute atomic E-state index is 12.2. The van der Waals surface area contributed by atoms with Crippen LogP contribution in [0.15, 0.2) is 66.2 Å². The van der Waals surface area contributed by atoms with Crippen LogP contribution >= 0.6 is 0 Å². The van der Waals surface area contributed by atoms with Gasteiger partial charge < -0.3 is 5.32 Å². The molecule has 2 aromatic heterocycles. The minimum atomic E-state index is -3.69. The molecular weight excluding hydrogens is 354 g/mol. The number of nitrogens with one attached hydrogen (secondary N) is 1. The molecule has 0 aliphatic carbocycles. The van der Waals surface area contributed by atoms with Crippen molar-refractivity contribution in [1.82, 2.24) is 19.9 Å². The number of sulfonamides is 1. The van der Waals surface area contributed by atoms with E-state index in [9.17, 15) is 13.2 Å². The van der Waals surface area contributed by atoms with Crippen molar-refractivity contribution in [1.29, 1.82) is 0 Å². The van der Waals surface area contributed by atoms with Crippen molar-refractivity contribution in [2.45, 2.75) is 11.3 Å². The van der Waals surface area contributed by atoms with Gasteiger partial charge in [0.15, 0.2) is 0 Å². The second-order valence-electron chi connectivity index (χ2n) is 5.57. The van der Waals surface area contributed by atoms with Crippen molar-refractivity contribution in [3.63, 3.8) is 0 Å². The van der Waals surface area contributed by atoms with Crippen molar-refractivity contribution in [3.05, 3.63) is 72.4 Å². The molecule has 0 aliphatic heterocycles. The van der Waals surface area contributed by atoms with Crippen molar-refractivity contribution >= 4 is 15.9 Å². The number of imidazole rings is 1. The van der Waals surface area contributed by atoms with Gasteiger partial charge in [-0.3, -0.25) is 9.36 Å². The summed E-state index contributed by atoms with van der Waals surface area (Å²) in [7, 11) is -3.69. The zero-order valence-corrected chi connectivity index (χ0v) is 14.6. The van der Waals surface area contributed by atoms with Crippen molar-refractivity contribution < 1.29 is 13.2 Å². The molecule has 2 heterocycles. The van der Waals surface area contributed by atoms with E-state index in [0.717, 1.165) is 5.56 Å². The molecule has 3 rings (SSSR count). The Morgan fingerprint density at radius 2 is 1.92 bits per heavy atom. The Morgan fingerprint density at radius 3 is 2.50 bits per heavy atom. The number of hydrogen-bond donors (Lipinski definition) is 2. The van der Waals surface area contributed by atoms with E-state index < -0.39 is 10.0 Å². The predicted molar refractivity (Wildman–Crippen MR) is 95.2 cm³/mol. The Morgan fingerprint density at radius 1 is 1.15 bits per heavy atom. The van der Waals surface area contributed by atoms with E-state index in [1.807, 2.05) is 0 Å². The predicted octanol–water partition coefficient (Wildman–Crippen LogP) is 0.887. The Hall–Kier alpha value is -3.04. The van der Waals surface area contributed by atoms with Gasteiger partial charge in [0.25, 0.3) is 5.91 Å². The zero-order chi connectivity index (χ0) is 18.6. The molecule has 3 aromatic rings. The van der Waals surface area contributed by atoms with Crippen LogP contribution in [0.1, 0.15) is 15.9 Å². The quantitative estimate of drug-likeness (QED) is 0.667. The van der Waals surface area contributed by atoms with Crippen LogP contribution in [0.5, 0.6) is 0 Å². The number of amides is 1. The van der Waals surface area contributed by atoms with Crippen LogP contribution in [0.25, 0.3) is 5.82 Å². The van der Waals surface area contributed by atoms with E-state index in [0.29, 0.717) is 24.3 Å². The molecule has 0 radical (unpaired) electrons. The molecular formula is C17H17N5O3S. The number of nitrogens with zero attached hydrogens (tertiary/aromatic N) is 3. The molecule has 8 nitrogen and oxygen atoms in total. The minimum Gasteiger partial charge on any atom is -0.352 e. The Kier molecular flexibility index (Phi) is 5.10. The minimum absolute atomic E-state index is 0.0642. The first-order valence-corrected chi connectivity index (χ1v) is 9.32. The van der Waals surface area contributed by atoms with Gasteiger partial charge in [0, 0.05) is 25.1 Å². The smallest absolute Gasteiger partial charge is 0.252 e. The summed E-state index contributed by atoms with van der Waals surface area (Å²) in [6.45, 7) is 0.414. The van der Waals surface area contributed by atoms with E-state index in [1.165, 1.54) is 18.3 Å². The summed E-state index contributed by atoms with van der Waals surface area (Å²) in [5, 5.41) is 7.86. The normalized spacial score (nSPS) is 11.3. The number of benzene rings is 1. The average molecular weight is 371 g/mol. The topological polar surface area (TPSA) is 120 Å². The number of primary sulfonamides is 1. The summed E-state index contributed by atoms with van der Waals surface area (Å²) in [5.41, 5.74) is 1.35. The van der Waals surface area contributed by atoms with E-state index in [1.54, 1.807) is 47.6 Å². The molecule has 1 amide bonds. The third-order valence-corrected chi connectivity index (χ3v) is 4.66. The van der Waals surface area contributed by atoms with Crippen molar-refractivity contribution in [2.75, 3.05) is 6.54 Å². The summed E-state index contributed by atoms with van der Waals surface area (Å²) >= 11 is 0. The van der Waals surface area contributed by atoms with Gasteiger partial charge in [0.05, 0.1) is 10.5 Å². The lowest BCUT2D eigenvalue weighted by molar-refractivity contribution is 0.0954. The summed E-state index contributed by atoms with van der Waals surface area (Å²) < 4.78 is 24.2. The van der Waals surface area contributed by atoms with Gasteiger partial charge in [-0.2, -0.15) is 0 Å². The number of aromatic nitrogens is 3. The van der Waals surface area contributed by atoms with Gasteiger partial charge in [0.1, 0.15) is 12.1 Å². The largest absolute Gasteiger partial charge is 0.352 e. The highest BCUT2D eigenvalue weighted by atomic mass is 32.2. The van der Waals surface area contributed by atoms with Gasteiger partial charge in [-0.25, -0.2) is 23.5 Å². The fourth-order valence-electron chi connectivity index (χ4n) is 2.34. The maximum atomic E-state index is 12.2. The fourth-order valence-corrected chi connectivity index (χ4v) is 2.85. The lowest BCUT2D eigenvalue weighted by atomic mass is 10.1. The molecule has 0 fully saturated rings. The second kappa shape index (κ2) is 7.46. The molecule has 26 heavy (non-hydrogen) atoms. The summed E-state index contributed by atoms with van der Waals surface area (Å²) in [4.78, 5) is 20.4. The molecule has 0 saturated carbocycles. The summed E-state index contributed by atoms with van der Waals surface area (Å²) in [6, 6.07) is 9.68. The number of carbonyl (C=O) groups is 1. The molecule has 9 heteroatoms. The van der Waals surface area contributed by atoms with Crippen LogP contribution in [-0.2, 0) is 16.4 Å². The van der Waals surface area contributed by atoms with Gasteiger partial charge in [-0.05, 0) is 36.2 Å². The summed E-state index contributed by atoms with van der Waals surface area (Å²) in [6.07, 6.45) is 7.12. The highest BCUT2D eigenvalue weighted by Gasteiger charge is 2.08. The monoisotopic (exact) mass is 371 g/mol. The first-order valence-electron chi connectivity index (χ1n) is 7.78. The number of nitrogens with two attached hydrogens (primary N) is 1. The van der Waals surface area contributed by atoms with Crippen LogP contribution in [0, 0.1) is 0 Å². The number of hydrogen-bond acceptors (Lipinski definition) is 5. The fraction of sp³-hybridized carbons (Fsp3) is 0.118. The first-order chi connectivity index (χ1) is 12.4. The SMILES string of the molecule is NS(=O)(=O)c1ccc(CCNC(=O)c2ccc(-n3ccnc3)nc2)cc1. The number of rotatable bonds is 6. The lowest BCUT2D eigenvalue weighted by Crippen LogP contribution is -2.25. The van der Waals surface area contributed by atoms with Gasteiger partial charge in [-0.15, -0.1) is 0 Å². The van der Waals surface area contributed by atoms with Crippen LogP contribution in [0.2, 0.25) is 0 Å². The standard InChI is InChI=1S/C17H17N5O3S/c18-26(24,25)15-4-1-13(2-5-15)7-8-20-17(23)14-3-6-16(21-11-14)22-10-9-19-12-22/h1-6,9-12H,7-8H2,(H,20,23)(H2,18,24,25). The van der Waals surface area contributed by atoms with Crippen molar-refractivity contribution in [3.8, 4) is 5.82 Å². The average Bonchev–Trinajstić information content (AvgIpc) is 3.16. The molecule has 1 aromatic carbocycles. The molecule has 134 valence electrons. The first kappa shape index (κ1) is 17.8. The van der Waals surface area contributed by atoms with Crippen LogP contribution < -0.4 is 10.5 Å². The molecule has 0 bridgehead atoms. The molecule has 0 aliphatic rings. The molecule has 3 N–H and O–H groups in total. The van der Waals surface area contributed by atoms with Gasteiger partial charge in [-0.1, -0.05) is 12.1 Å². The van der Waals surface area contributed by atoms with Crippen LogP contribution in [0.3, 0.4) is 0 Å². The van der Waals surface area contributed by atoms with E-state index in [-0.39, 0.29) is 10.8 Å². The third-order valence-electron chi connectivity index (χ3n) is 3.73. The molecule has 0 atom stereocenters. The Labute approximate surface area is 150 Å². The lowest BCUT2D eigenvalue weighted by Gasteiger charge is -2.07. The zero-order valence-electron chi connectivity index (χ0n) is 13.7. The van der Waals surface area contributed by atoms with Crippen LogP contribution in [0.4, 0.5) is 0 Å². The summed E-state index contributed by atoms with van der Waals surface area (Å²) in [5.74, 6) is 0.449.